The fraction of sp³-hybridized carbons (Fsp3) is 0.200. The van der Waals surface area contributed by atoms with E-state index in [1.165, 1.54) is 12.1 Å². The number of halogens is 1. The standard InChI is InChI=1S/C15H15FN2O2/c1-10-6-7-13(16)14(8-10)17-9-12-4-3-5-15(11(12)2)18(19)20/h3-8,17H,9H2,1-2H3. The van der Waals surface area contributed by atoms with Crippen LogP contribution in [0.4, 0.5) is 15.8 Å². The van der Waals surface area contributed by atoms with E-state index in [1.807, 2.05) is 6.92 Å². The molecule has 0 aliphatic rings. The third-order valence-corrected chi connectivity index (χ3v) is 3.21. The average Bonchev–Trinajstić information content (AvgIpc) is 2.41. The van der Waals surface area contributed by atoms with E-state index in [0.29, 0.717) is 17.8 Å². The summed E-state index contributed by atoms with van der Waals surface area (Å²) in [7, 11) is 0. The molecule has 2 rings (SSSR count). The summed E-state index contributed by atoms with van der Waals surface area (Å²) in [5.74, 6) is -0.335. The van der Waals surface area contributed by atoms with Crippen LogP contribution in [0.15, 0.2) is 36.4 Å². The summed E-state index contributed by atoms with van der Waals surface area (Å²) in [6.45, 7) is 3.92. The minimum Gasteiger partial charge on any atom is -0.379 e. The van der Waals surface area contributed by atoms with E-state index in [1.54, 1.807) is 31.2 Å². The van der Waals surface area contributed by atoms with Gasteiger partial charge < -0.3 is 5.32 Å². The van der Waals surface area contributed by atoms with Crippen LogP contribution in [0.5, 0.6) is 0 Å². The van der Waals surface area contributed by atoms with Gasteiger partial charge in [0.05, 0.1) is 10.6 Å². The van der Waals surface area contributed by atoms with Gasteiger partial charge in [0.1, 0.15) is 5.82 Å². The Morgan fingerprint density at radius 2 is 2.00 bits per heavy atom. The molecular formula is C15H15FN2O2. The van der Waals surface area contributed by atoms with Crippen molar-refractivity contribution in [1.82, 2.24) is 0 Å². The van der Waals surface area contributed by atoms with Crippen LogP contribution >= 0.6 is 0 Å². The molecule has 20 heavy (non-hydrogen) atoms. The number of hydrogen-bond donors (Lipinski definition) is 1. The SMILES string of the molecule is Cc1ccc(F)c(NCc2cccc([N+](=O)[O-])c2C)c1. The molecule has 0 unspecified atom stereocenters. The molecule has 0 spiro atoms. The van der Waals surface area contributed by atoms with Crippen LogP contribution in [0.25, 0.3) is 0 Å². The van der Waals surface area contributed by atoms with E-state index in [4.69, 9.17) is 0 Å². The van der Waals surface area contributed by atoms with Gasteiger partial charge in [-0.05, 0) is 37.1 Å². The first-order valence-corrected chi connectivity index (χ1v) is 6.22. The van der Waals surface area contributed by atoms with Crippen molar-refractivity contribution in [2.75, 3.05) is 5.32 Å². The summed E-state index contributed by atoms with van der Waals surface area (Å²) in [6.07, 6.45) is 0. The average molecular weight is 274 g/mol. The number of nitro groups is 1. The van der Waals surface area contributed by atoms with Gasteiger partial charge >= 0.3 is 0 Å². The Bertz CT molecular complexity index is 656. The highest BCUT2D eigenvalue weighted by Crippen LogP contribution is 2.23. The van der Waals surface area contributed by atoms with E-state index < -0.39 is 4.92 Å². The highest BCUT2D eigenvalue weighted by molar-refractivity contribution is 5.50. The van der Waals surface area contributed by atoms with Crippen LogP contribution in [0.1, 0.15) is 16.7 Å². The van der Waals surface area contributed by atoms with Crippen molar-refractivity contribution < 1.29 is 9.31 Å². The van der Waals surface area contributed by atoms with Crippen molar-refractivity contribution >= 4 is 11.4 Å². The van der Waals surface area contributed by atoms with Gasteiger partial charge in [0, 0.05) is 18.2 Å². The molecule has 0 saturated heterocycles. The molecule has 104 valence electrons. The molecule has 2 aromatic rings. The highest BCUT2D eigenvalue weighted by atomic mass is 19.1. The zero-order chi connectivity index (χ0) is 14.7. The molecule has 0 aromatic heterocycles. The monoisotopic (exact) mass is 274 g/mol. The predicted octanol–water partition coefficient (Wildman–Crippen LogP) is 3.96. The summed E-state index contributed by atoms with van der Waals surface area (Å²) in [5.41, 5.74) is 2.80. The quantitative estimate of drug-likeness (QED) is 0.678. The van der Waals surface area contributed by atoms with Crippen molar-refractivity contribution in [1.29, 1.82) is 0 Å². The molecule has 0 saturated carbocycles. The number of aryl methyl sites for hydroxylation is 1. The van der Waals surface area contributed by atoms with Gasteiger partial charge in [0.25, 0.3) is 5.69 Å². The first-order valence-electron chi connectivity index (χ1n) is 6.22. The fourth-order valence-electron chi connectivity index (χ4n) is 2.02. The van der Waals surface area contributed by atoms with Crippen LogP contribution in [0.3, 0.4) is 0 Å². The lowest BCUT2D eigenvalue weighted by Gasteiger charge is -2.10. The van der Waals surface area contributed by atoms with Gasteiger partial charge in [-0.1, -0.05) is 18.2 Å². The Balaban J connectivity index is 2.21. The molecule has 0 fully saturated rings. The Kier molecular flexibility index (Phi) is 3.98. The van der Waals surface area contributed by atoms with E-state index in [-0.39, 0.29) is 11.5 Å². The van der Waals surface area contributed by atoms with Gasteiger partial charge in [-0.15, -0.1) is 0 Å². The third kappa shape index (κ3) is 2.93. The fourth-order valence-corrected chi connectivity index (χ4v) is 2.02. The van der Waals surface area contributed by atoms with Gasteiger partial charge in [0.2, 0.25) is 0 Å². The number of rotatable bonds is 4. The lowest BCUT2D eigenvalue weighted by molar-refractivity contribution is -0.385. The largest absolute Gasteiger partial charge is 0.379 e. The second kappa shape index (κ2) is 5.69. The summed E-state index contributed by atoms with van der Waals surface area (Å²) < 4.78 is 13.6. The summed E-state index contributed by atoms with van der Waals surface area (Å²) >= 11 is 0. The van der Waals surface area contributed by atoms with Crippen LogP contribution in [-0.4, -0.2) is 4.92 Å². The molecular weight excluding hydrogens is 259 g/mol. The van der Waals surface area contributed by atoms with E-state index >= 15 is 0 Å². The zero-order valence-electron chi connectivity index (χ0n) is 11.3. The molecule has 0 atom stereocenters. The maximum Gasteiger partial charge on any atom is 0.272 e. The highest BCUT2D eigenvalue weighted by Gasteiger charge is 2.13. The number of nitrogens with zero attached hydrogens (tertiary/aromatic N) is 1. The predicted molar refractivity (Wildman–Crippen MR) is 76.3 cm³/mol. The molecule has 0 aliphatic carbocycles. The summed E-state index contributed by atoms with van der Waals surface area (Å²) in [6, 6.07) is 9.70. The molecule has 2 aromatic carbocycles. The molecule has 0 bridgehead atoms. The molecule has 1 N–H and O–H groups in total. The molecule has 5 heteroatoms. The van der Waals surface area contributed by atoms with E-state index in [0.717, 1.165) is 11.1 Å². The normalized spacial score (nSPS) is 10.3. The lowest BCUT2D eigenvalue weighted by atomic mass is 10.1. The first kappa shape index (κ1) is 14.0. The maximum atomic E-state index is 13.6. The Morgan fingerprint density at radius 1 is 1.25 bits per heavy atom. The molecule has 0 amide bonds. The van der Waals surface area contributed by atoms with Crippen LogP contribution in [0, 0.1) is 29.8 Å². The molecule has 0 aliphatic heterocycles. The minimum atomic E-state index is -0.411. The number of hydrogen-bond acceptors (Lipinski definition) is 3. The summed E-state index contributed by atoms with van der Waals surface area (Å²) in [5, 5.41) is 13.9. The van der Waals surface area contributed by atoms with Crippen molar-refractivity contribution in [3.63, 3.8) is 0 Å². The zero-order valence-corrected chi connectivity index (χ0v) is 11.3. The van der Waals surface area contributed by atoms with Gasteiger partial charge in [0.15, 0.2) is 0 Å². The lowest BCUT2D eigenvalue weighted by Crippen LogP contribution is -2.04. The molecule has 4 nitrogen and oxygen atoms in total. The summed E-state index contributed by atoms with van der Waals surface area (Å²) in [4.78, 5) is 10.5. The van der Waals surface area contributed by atoms with E-state index in [2.05, 4.69) is 5.32 Å². The molecule has 0 radical (unpaired) electrons. The van der Waals surface area contributed by atoms with Crippen molar-refractivity contribution in [3.8, 4) is 0 Å². The Morgan fingerprint density at radius 3 is 2.70 bits per heavy atom. The third-order valence-electron chi connectivity index (χ3n) is 3.21. The first-order chi connectivity index (χ1) is 9.49. The van der Waals surface area contributed by atoms with Crippen LogP contribution in [0.2, 0.25) is 0 Å². The minimum absolute atomic E-state index is 0.0778. The molecule has 0 heterocycles. The van der Waals surface area contributed by atoms with Gasteiger partial charge in [-0.2, -0.15) is 0 Å². The topological polar surface area (TPSA) is 55.2 Å². The maximum absolute atomic E-state index is 13.6. The smallest absolute Gasteiger partial charge is 0.272 e. The van der Waals surface area contributed by atoms with Gasteiger partial charge in [-0.3, -0.25) is 10.1 Å². The number of benzene rings is 2. The van der Waals surface area contributed by atoms with Crippen molar-refractivity contribution in [2.24, 2.45) is 0 Å². The second-order valence-corrected chi connectivity index (χ2v) is 4.66. The Labute approximate surface area is 116 Å². The van der Waals surface area contributed by atoms with Crippen LogP contribution in [-0.2, 0) is 6.54 Å². The van der Waals surface area contributed by atoms with E-state index in [9.17, 15) is 14.5 Å². The van der Waals surface area contributed by atoms with Crippen molar-refractivity contribution in [2.45, 2.75) is 20.4 Å². The van der Waals surface area contributed by atoms with Crippen molar-refractivity contribution in [3.05, 3.63) is 69.0 Å². The number of nitrogens with one attached hydrogen (secondary N) is 1. The number of anilines is 1. The Hall–Kier alpha value is -2.43. The second-order valence-electron chi connectivity index (χ2n) is 4.66. The number of nitro benzene ring substituents is 1. The van der Waals surface area contributed by atoms with Crippen LogP contribution < -0.4 is 5.32 Å². The van der Waals surface area contributed by atoms with Gasteiger partial charge in [-0.25, -0.2) is 4.39 Å².